The molecule has 1 aliphatic rings. The van der Waals surface area contributed by atoms with Crippen molar-refractivity contribution in [1.29, 1.82) is 0 Å². The summed E-state index contributed by atoms with van der Waals surface area (Å²) in [6.07, 6.45) is 0.881. The van der Waals surface area contributed by atoms with E-state index in [-0.39, 0.29) is 45.8 Å². The van der Waals surface area contributed by atoms with Gasteiger partial charge in [0.25, 0.3) is 0 Å². The van der Waals surface area contributed by atoms with Crippen LogP contribution in [-0.2, 0) is 14.8 Å². The minimum Gasteiger partial charge on any atom is -0.325 e. The number of anilines is 1. The molecular formula is C22H26Cl2N2O3S. The SMILES string of the molecule is Cc1cccc(C(C)C)c1NC(=O)C1CCN(S(=O)(=O)c2c(Cl)cccc2Cl)CC1. The van der Waals surface area contributed by atoms with Gasteiger partial charge in [-0.25, -0.2) is 8.42 Å². The number of hydrogen-bond donors (Lipinski definition) is 1. The highest BCUT2D eigenvalue weighted by atomic mass is 35.5. The predicted octanol–water partition coefficient (Wildman–Crippen LogP) is 5.46. The summed E-state index contributed by atoms with van der Waals surface area (Å²) in [5.74, 6) is -0.0376. The smallest absolute Gasteiger partial charge is 0.246 e. The molecule has 1 amide bonds. The molecule has 1 fully saturated rings. The molecule has 1 N–H and O–H groups in total. The van der Waals surface area contributed by atoms with E-state index >= 15 is 0 Å². The third-order valence-electron chi connectivity index (χ3n) is 5.52. The van der Waals surface area contributed by atoms with E-state index in [2.05, 4.69) is 19.2 Å². The monoisotopic (exact) mass is 468 g/mol. The van der Waals surface area contributed by atoms with Gasteiger partial charge in [0.05, 0.1) is 10.0 Å². The quantitative estimate of drug-likeness (QED) is 0.632. The fourth-order valence-electron chi connectivity index (χ4n) is 3.78. The van der Waals surface area contributed by atoms with Crippen LogP contribution in [0.1, 0.15) is 43.7 Å². The lowest BCUT2D eigenvalue weighted by Gasteiger charge is -2.31. The lowest BCUT2D eigenvalue weighted by molar-refractivity contribution is -0.120. The molecule has 0 spiro atoms. The highest BCUT2D eigenvalue weighted by molar-refractivity contribution is 7.89. The molecule has 5 nitrogen and oxygen atoms in total. The van der Waals surface area contributed by atoms with Gasteiger partial charge in [-0.1, -0.05) is 61.3 Å². The summed E-state index contributed by atoms with van der Waals surface area (Å²) in [6, 6.07) is 10.6. The molecule has 0 saturated carbocycles. The summed E-state index contributed by atoms with van der Waals surface area (Å²) in [5.41, 5.74) is 2.97. The Morgan fingerprint density at radius 3 is 2.20 bits per heavy atom. The van der Waals surface area contributed by atoms with E-state index in [1.54, 1.807) is 6.07 Å². The summed E-state index contributed by atoms with van der Waals surface area (Å²) in [6.45, 7) is 6.64. The average molecular weight is 469 g/mol. The third-order valence-corrected chi connectivity index (χ3v) is 8.37. The molecule has 30 heavy (non-hydrogen) atoms. The highest BCUT2D eigenvalue weighted by Gasteiger charge is 2.34. The Balaban J connectivity index is 1.71. The van der Waals surface area contributed by atoms with Crippen LogP contribution in [0.2, 0.25) is 10.0 Å². The van der Waals surface area contributed by atoms with Crippen molar-refractivity contribution in [2.24, 2.45) is 5.92 Å². The number of carbonyl (C=O) groups excluding carboxylic acids is 1. The molecule has 0 bridgehead atoms. The Hall–Kier alpha value is -1.60. The van der Waals surface area contributed by atoms with E-state index in [4.69, 9.17) is 23.2 Å². The van der Waals surface area contributed by atoms with Gasteiger partial charge in [-0.2, -0.15) is 4.31 Å². The zero-order valence-corrected chi connectivity index (χ0v) is 19.6. The number of nitrogens with one attached hydrogen (secondary N) is 1. The number of piperidine rings is 1. The summed E-state index contributed by atoms with van der Waals surface area (Å²) in [4.78, 5) is 12.8. The number of amides is 1. The van der Waals surface area contributed by atoms with Gasteiger partial charge in [0.2, 0.25) is 15.9 Å². The first-order valence-corrected chi connectivity index (χ1v) is 12.2. The second-order valence-corrected chi connectivity index (χ2v) is 10.6. The highest BCUT2D eigenvalue weighted by Crippen LogP contribution is 2.34. The molecule has 162 valence electrons. The van der Waals surface area contributed by atoms with Gasteiger partial charge >= 0.3 is 0 Å². The molecule has 0 radical (unpaired) electrons. The van der Waals surface area contributed by atoms with E-state index in [9.17, 15) is 13.2 Å². The molecule has 3 rings (SSSR count). The number of rotatable bonds is 5. The number of hydrogen-bond acceptors (Lipinski definition) is 3. The molecule has 0 atom stereocenters. The Morgan fingerprint density at radius 2 is 1.63 bits per heavy atom. The lowest BCUT2D eigenvalue weighted by atomic mass is 9.95. The van der Waals surface area contributed by atoms with Crippen LogP contribution in [0.3, 0.4) is 0 Å². The molecule has 1 aliphatic heterocycles. The Morgan fingerprint density at radius 1 is 1.07 bits per heavy atom. The standard InChI is InChI=1S/C22H26Cl2N2O3S/c1-14(2)17-7-4-6-15(3)20(17)25-22(27)16-10-12-26(13-11-16)30(28,29)21-18(23)8-5-9-19(21)24/h4-9,14,16H,10-13H2,1-3H3,(H,25,27). The number of benzene rings is 2. The first-order chi connectivity index (χ1) is 14.1. The minimum atomic E-state index is -3.82. The predicted molar refractivity (Wildman–Crippen MR) is 122 cm³/mol. The summed E-state index contributed by atoms with van der Waals surface area (Å²) >= 11 is 12.2. The lowest BCUT2D eigenvalue weighted by Crippen LogP contribution is -2.41. The van der Waals surface area contributed by atoms with Gasteiger partial charge in [-0.15, -0.1) is 0 Å². The Labute approximate surface area is 188 Å². The van der Waals surface area contributed by atoms with E-state index in [0.29, 0.717) is 12.8 Å². The summed E-state index contributed by atoms with van der Waals surface area (Å²) in [7, 11) is -3.82. The number of nitrogens with zero attached hydrogens (tertiary/aromatic N) is 1. The van der Waals surface area contributed by atoms with E-state index in [0.717, 1.165) is 16.8 Å². The fraction of sp³-hybridized carbons (Fsp3) is 0.409. The maximum absolute atomic E-state index is 13.0. The Kier molecular flexibility index (Phi) is 7.13. The van der Waals surface area contributed by atoms with Crippen LogP contribution >= 0.6 is 23.2 Å². The van der Waals surface area contributed by atoms with Crippen LogP contribution in [0.15, 0.2) is 41.3 Å². The summed E-state index contributed by atoms with van der Waals surface area (Å²) in [5, 5.41) is 3.28. The number of aryl methyl sites for hydroxylation is 1. The van der Waals surface area contributed by atoms with Crippen LogP contribution in [0, 0.1) is 12.8 Å². The number of sulfonamides is 1. The molecule has 0 unspecified atom stereocenters. The van der Waals surface area contributed by atoms with Crippen LogP contribution in [-0.4, -0.2) is 31.7 Å². The second-order valence-electron chi connectivity index (χ2n) is 7.91. The maximum atomic E-state index is 13.0. The van der Waals surface area contributed by atoms with Gasteiger partial charge in [-0.3, -0.25) is 4.79 Å². The molecule has 1 heterocycles. The summed E-state index contributed by atoms with van der Waals surface area (Å²) < 4.78 is 27.4. The fourth-order valence-corrected chi connectivity index (χ4v) is 6.35. The van der Waals surface area contributed by atoms with Crippen molar-refractivity contribution < 1.29 is 13.2 Å². The number of halogens is 2. The molecule has 2 aromatic carbocycles. The zero-order valence-electron chi connectivity index (χ0n) is 17.3. The van der Waals surface area contributed by atoms with Crippen molar-refractivity contribution in [3.8, 4) is 0 Å². The van der Waals surface area contributed by atoms with E-state index in [1.807, 2.05) is 25.1 Å². The van der Waals surface area contributed by atoms with Crippen molar-refractivity contribution in [3.05, 3.63) is 57.6 Å². The van der Waals surface area contributed by atoms with Crippen molar-refractivity contribution in [2.75, 3.05) is 18.4 Å². The van der Waals surface area contributed by atoms with Crippen LogP contribution in [0.25, 0.3) is 0 Å². The maximum Gasteiger partial charge on any atom is 0.246 e. The van der Waals surface area contributed by atoms with Crippen LogP contribution in [0.4, 0.5) is 5.69 Å². The van der Waals surface area contributed by atoms with Crippen molar-refractivity contribution in [3.63, 3.8) is 0 Å². The van der Waals surface area contributed by atoms with Crippen LogP contribution in [0.5, 0.6) is 0 Å². The van der Waals surface area contributed by atoms with Gasteiger partial charge in [0.1, 0.15) is 4.90 Å². The minimum absolute atomic E-state index is 0.0703. The van der Waals surface area contributed by atoms with E-state index in [1.165, 1.54) is 16.4 Å². The van der Waals surface area contributed by atoms with Gasteiger partial charge < -0.3 is 5.32 Å². The molecular weight excluding hydrogens is 443 g/mol. The number of carbonyl (C=O) groups is 1. The number of para-hydroxylation sites is 1. The molecule has 0 aliphatic carbocycles. The first kappa shape index (κ1) is 23.1. The average Bonchev–Trinajstić information content (AvgIpc) is 2.69. The largest absolute Gasteiger partial charge is 0.325 e. The molecule has 1 saturated heterocycles. The van der Waals surface area contributed by atoms with Crippen molar-refractivity contribution in [2.45, 2.75) is 44.4 Å². The Bertz CT molecular complexity index is 1030. The van der Waals surface area contributed by atoms with Gasteiger partial charge in [0, 0.05) is 24.7 Å². The van der Waals surface area contributed by atoms with Crippen molar-refractivity contribution >= 4 is 44.8 Å². The molecule has 8 heteroatoms. The van der Waals surface area contributed by atoms with Gasteiger partial charge in [0.15, 0.2) is 0 Å². The third kappa shape index (κ3) is 4.67. The first-order valence-electron chi connectivity index (χ1n) is 9.97. The van der Waals surface area contributed by atoms with Crippen molar-refractivity contribution in [1.82, 2.24) is 4.31 Å². The van der Waals surface area contributed by atoms with Gasteiger partial charge in [-0.05, 0) is 48.9 Å². The van der Waals surface area contributed by atoms with Crippen LogP contribution < -0.4 is 5.32 Å². The second kappa shape index (κ2) is 9.27. The molecule has 0 aromatic heterocycles. The normalized spacial score (nSPS) is 16.1. The molecule has 2 aromatic rings. The zero-order chi connectivity index (χ0) is 22.1. The van der Waals surface area contributed by atoms with E-state index < -0.39 is 10.0 Å². The topological polar surface area (TPSA) is 66.5 Å².